The molecule has 36 heavy (non-hydrogen) atoms. The van der Waals surface area contributed by atoms with E-state index in [-0.39, 0.29) is 30.2 Å². The van der Waals surface area contributed by atoms with Crippen LogP contribution in [0.2, 0.25) is 0 Å². The Morgan fingerprint density at radius 2 is 1.97 bits per heavy atom. The van der Waals surface area contributed by atoms with Crippen molar-refractivity contribution in [1.29, 1.82) is 0 Å². The Labute approximate surface area is 207 Å². The summed E-state index contributed by atoms with van der Waals surface area (Å²) in [4.78, 5) is 42.2. The molecular formula is C26H27FN4O5. The van der Waals surface area contributed by atoms with Gasteiger partial charge in [0.2, 0.25) is 17.7 Å². The van der Waals surface area contributed by atoms with E-state index in [4.69, 9.17) is 9.26 Å². The van der Waals surface area contributed by atoms with E-state index in [1.54, 1.807) is 19.1 Å². The number of rotatable bonds is 6. The molecule has 4 aliphatic rings. The first-order chi connectivity index (χ1) is 17.3. The van der Waals surface area contributed by atoms with Gasteiger partial charge in [0.1, 0.15) is 23.2 Å². The predicted molar refractivity (Wildman–Crippen MR) is 125 cm³/mol. The van der Waals surface area contributed by atoms with E-state index in [1.165, 1.54) is 29.2 Å². The van der Waals surface area contributed by atoms with Crippen LogP contribution in [-0.4, -0.2) is 52.1 Å². The van der Waals surface area contributed by atoms with Gasteiger partial charge in [0.25, 0.3) is 0 Å². The first kappa shape index (κ1) is 22.9. The van der Waals surface area contributed by atoms with Crippen LogP contribution in [0, 0.1) is 24.6 Å². The van der Waals surface area contributed by atoms with Crippen molar-refractivity contribution in [3.63, 3.8) is 0 Å². The van der Waals surface area contributed by atoms with Gasteiger partial charge in [-0.1, -0.05) is 42.3 Å². The number of aryl methyl sites for hydroxylation is 1. The van der Waals surface area contributed by atoms with Gasteiger partial charge in [0.15, 0.2) is 5.82 Å². The molecule has 9 nitrogen and oxygen atoms in total. The van der Waals surface area contributed by atoms with E-state index in [2.05, 4.69) is 15.8 Å². The predicted octanol–water partition coefficient (Wildman–Crippen LogP) is 2.64. The van der Waals surface area contributed by atoms with Crippen LogP contribution >= 0.6 is 0 Å². The fraction of sp³-hybridized carbons (Fsp3) is 0.462. The molecule has 2 N–H and O–H groups in total. The van der Waals surface area contributed by atoms with Crippen molar-refractivity contribution in [2.75, 3.05) is 11.9 Å². The lowest BCUT2D eigenvalue weighted by Gasteiger charge is -2.30. The van der Waals surface area contributed by atoms with E-state index in [0.29, 0.717) is 11.3 Å². The lowest BCUT2D eigenvalue weighted by Crippen LogP contribution is -2.46. The maximum Gasteiger partial charge on any atom is 0.247 e. The monoisotopic (exact) mass is 494 g/mol. The molecular weight excluding hydrogens is 467 g/mol. The highest BCUT2D eigenvalue weighted by molar-refractivity contribution is 6.00. The minimum atomic E-state index is -1.00. The lowest BCUT2D eigenvalue weighted by molar-refractivity contribution is -0.142. The summed E-state index contributed by atoms with van der Waals surface area (Å²) in [5, 5.41) is 9.61. The second-order valence-corrected chi connectivity index (χ2v) is 10.1. The Balaban J connectivity index is 1.30. The maximum absolute atomic E-state index is 13.9. The molecule has 2 bridgehead atoms. The number of aromatic nitrogens is 1. The van der Waals surface area contributed by atoms with Gasteiger partial charge >= 0.3 is 0 Å². The zero-order valence-electron chi connectivity index (χ0n) is 19.8. The summed E-state index contributed by atoms with van der Waals surface area (Å²) in [6.45, 7) is 1.84. The van der Waals surface area contributed by atoms with Crippen LogP contribution in [-0.2, 0) is 19.1 Å². The van der Waals surface area contributed by atoms with Crippen LogP contribution in [0.15, 0.2) is 47.0 Å². The van der Waals surface area contributed by atoms with Crippen LogP contribution in [0.4, 0.5) is 10.2 Å². The van der Waals surface area contributed by atoms with Gasteiger partial charge in [0.05, 0.1) is 24.5 Å². The number of amides is 3. The summed E-state index contributed by atoms with van der Waals surface area (Å²) in [5.74, 6) is -2.23. The summed E-state index contributed by atoms with van der Waals surface area (Å²) in [7, 11) is 0. The Bertz CT molecular complexity index is 1240. The number of nitrogens with zero attached hydrogens (tertiary/aromatic N) is 2. The third-order valence-electron chi connectivity index (χ3n) is 7.76. The number of nitrogens with one attached hydrogen (secondary N) is 2. The first-order valence-electron chi connectivity index (χ1n) is 12.3. The Morgan fingerprint density at radius 3 is 2.67 bits per heavy atom. The number of carbonyl (C=O) groups excluding carboxylic acids is 3. The zero-order chi connectivity index (χ0) is 25.0. The number of likely N-dealkylation sites (tertiary alicyclic amines) is 1. The Kier molecular flexibility index (Phi) is 5.44. The van der Waals surface area contributed by atoms with Crippen molar-refractivity contribution in [2.24, 2.45) is 11.8 Å². The van der Waals surface area contributed by atoms with Crippen molar-refractivity contribution in [1.82, 2.24) is 15.4 Å². The molecule has 3 amide bonds. The number of anilines is 1. The maximum atomic E-state index is 13.9. The largest absolute Gasteiger partial charge is 0.360 e. The number of hydrogen-bond acceptors (Lipinski definition) is 6. The molecule has 1 aliphatic carbocycles. The minimum absolute atomic E-state index is 0.0484. The van der Waals surface area contributed by atoms with E-state index < -0.39 is 41.3 Å². The zero-order valence-corrected chi connectivity index (χ0v) is 19.8. The fourth-order valence-electron chi connectivity index (χ4n) is 6.15. The Hall–Kier alpha value is -3.53. The summed E-state index contributed by atoms with van der Waals surface area (Å²) in [6.07, 6.45) is 6.95. The molecule has 0 unspecified atom stereocenters. The second-order valence-electron chi connectivity index (χ2n) is 10.1. The molecule has 2 saturated heterocycles. The van der Waals surface area contributed by atoms with E-state index in [9.17, 15) is 18.8 Å². The highest BCUT2D eigenvalue weighted by Crippen LogP contribution is 2.53. The average Bonchev–Trinajstić information content (AvgIpc) is 3.66. The van der Waals surface area contributed by atoms with Gasteiger partial charge in [-0.15, -0.1) is 0 Å². The molecule has 1 aromatic heterocycles. The molecule has 1 saturated carbocycles. The summed E-state index contributed by atoms with van der Waals surface area (Å²) in [6, 6.07) is 6.30. The summed E-state index contributed by atoms with van der Waals surface area (Å²) in [5.41, 5.74) is -0.496. The van der Waals surface area contributed by atoms with Crippen LogP contribution in [0.25, 0.3) is 0 Å². The van der Waals surface area contributed by atoms with Gasteiger partial charge in [-0.25, -0.2) is 4.39 Å². The van der Waals surface area contributed by atoms with Gasteiger partial charge in [-0.05, 0) is 37.5 Å². The normalized spacial score (nSPS) is 29.6. The van der Waals surface area contributed by atoms with Crippen molar-refractivity contribution in [3.8, 4) is 0 Å². The average molecular weight is 495 g/mol. The van der Waals surface area contributed by atoms with Crippen molar-refractivity contribution >= 4 is 23.5 Å². The smallest absolute Gasteiger partial charge is 0.247 e. The van der Waals surface area contributed by atoms with Crippen molar-refractivity contribution in [2.45, 2.75) is 56.4 Å². The standard InChI is InChI=1S/C26H27FN4O5/c1-14-12-19(30-36-14)29-23(32)20-18-10-11-26(35-18)13-31(25(34)21(20)26)22(15-6-8-16(27)9-7-15)24(33)28-17-4-2-3-5-17/h6-12,17-18,20-22H,2-5,13H2,1H3,(H,28,33)(H,29,30,32)/t18-,20-,21+,22+,26+/m1/s1. The molecule has 0 radical (unpaired) electrons. The van der Waals surface area contributed by atoms with Gasteiger partial charge in [-0.2, -0.15) is 0 Å². The number of ether oxygens (including phenoxy) is 1. The van der Waals surface area contributed by atoms with Gasteiger partial charge in [-0.3, -0.25) is 14.4 Å². The molecule has 4 heterocycles. The SMILES string of the molecule is Cc1cc(NC(=O)[C@H]2[C@H]3C(=O)N([C@H](C(=O)NC4CCCC4)c4ccc(F)cc4)C[C@@]34C=C[C@H]2O4)no1. The fourth-order valence-corrected chi connectivity index (χ4v) is 6.15. The van der Waals surface area contributed by atoms with Crippen LogP contribution in [0.1, 0.15) is 43.0 Å². The molecule has 3 fully saturated rings. The van der Waals surface area contributed by atoms with Crippen LogP contribution in [0.5, 0.6) is 0 Å². The third-order valence-corrected chi connectivity index (χ3v) is 7.76. The third kappa shape index (κ3) is 3.71. The number of benzene rings is 1. The number of fused-ring (bicyclic) bond motifs is 1. The highest BCUT2D eigenvalue weighted by Gasteiger charge is 2.68. The quantitative estimate of drug-likeness (QED) is 0.597. The van der Waals surface area contributed by atoms with Crippen molar-refractivity contribution in [3.05, 3.63) is 59.6 Å². The van der Waals surface area contributed by atoms with Gasteiger partial charge in [0, 0.05) is 12.1 Å². The van der Waals surface area contributed by atoms with Gasteiger partial charge < -0.3 is 24.8 Å². The molecule has 5 atom stereocenters. The van der Waals surface area contributed by atoms with Crippen LogP contribution in [0.3, 0.4) is 0 Å². The molecule has 188 valence electrons. The second kappa shape index (κ2) is 8.55. The number of halogens is 1. The molecule has 2 aromatic rings. The molecule has 1 spiro atoms. The number of hydrogen-bond donors (Lipinski definition) is 2. The minimum Gasteiger partial charge on any atom is -0.360 e. The van der Waals surface area contributed by atoms with Crippen molar-refractivity contribution < 1.29 is 28.0 Å². The number of carbonyl (C=O) groups is 3. The van der Waals surface area contributed by atoms with Crippen LogP contribution < -0.4 is 10.6 Å². The summed E-state index contributed by atoms with van der Waals surface area (Å²) < 4.78 is 24.9. The van der Waals surface area contributed by atoms with E-state index >= 15 is 0 Å². The molecule has 1 aromatic carbocycles. The summed E-state index contributed by atoms with van der Waals surface area (Å²) >= 11 is 0. The molecule has 10 heteroatoms. The molecule has 3 aliphatic heterocycles. The lowest BCUT2D eigenvalue weighted by atomic mass is 9.77. The topological polar surface area (TPSA) is 114 Å². The van der Waals surface area contributed by atoms with E-state index in [0.717, 1.165) is 25.7 Å². The molecule has 6 rings (SSSR count). The Morgan fingerprint density at radius 1 is 1.22 bits per heavy atom. The highest BCUT2D eigenvalue weighted by atomic mass is 19.1. The van der Waals surface area contributed by atoms with E-state index in [1.807, 2.05) is 6.08 Å². The first-order valence-corrected chi connectivity index (χ1v) is 12.3.